The highest BCUT2D eigenvalue weighted by molar-refractivity contribution is 7.90. The van der Waals surface area contributed by atoms with E-state index in [1.807, 2.05) is 0 Å². The van der Waals surface area contributed by atoms with Gasteiger partial charge in [0.05, 0.1) is 18.0 Å². The summed E-state index contributed by atoms with van der Waals surface area (Å²) < 4.78 is 32.3. The first-order valence-corrected chi connectivity index (χ1v) is 8.19. The number of hydrogen-bond acceptors (Lipinski definition) is 5. The maximum Gasteiger partial charge on any atom is 0.215 e. The SMILES string of the molecule is CCN1CCOC(CNS(=O)(=O)C2CCNC2)C1. The van der Waals surface area contributed by atoms with Crippen LogP contribution in [-0.4, -0.2) is 70.5 Å². The molecule has 0 bridgehead atoms. The standard InChI is InChI=1S/C11H23N3O3S/c1-2-14-5-6-17-10(9-14)7-13-18(15,16)11-3-4-12-8-11/h10-13H,2-9H2,1H3. The lowest BCUT2D eigenvalue weighted by atomic mass is 10.3. The third-order valence-electron chi connectivity index (χ3n) is 3.64. The Kier molecular flexibility index (Phi) is 4.97. The topological polar surface area (TPSA) is 70.7 Å². The number of sulfonamides is 1. The van der Waals surface area contributed by atoms with Crippen LogP contribution < -0.4 is 10.0 Å². The summed E-state index contributed by atoms with van der Waals surface area (Å²) in [6.45, 7) is 7.25. The van der Waals surface area contributed by atoms with Gasteiger partial charge in [0, 0.05) is 26.2 Å². The summed E-state index contributed by atoms with van der Waals surface area (Å²) in [7, 11) is -3.19. The molecule has 0 aliphatic carbocycles. The van der Waals surface area contributed by atoms with Crippen molar-refractivity contribution in [2.24, 2.45) is 0 Å². The molecule has 0 aromatic carbocycles. The molecule has 2 saturated heterocycles. The van der Waals surface area contributed by atoms with Crippen molar-refractivity contribution in [3.8, 4) is 0 Å². The number of hydrogen-bond donors (Lipinski definition) is 2. The van der Waals surface area contributed by atoms with Gasteiger partial charge in [0.2, 0.25) is 10.0 Å². The second kappa shape index (κ2) is 6.29. The third kappa shape index (κ3) is 3.64. The molecule has 7 heteroatoms. The van der Waals surface area contributed by atoms with E-state index >= 15 is 0 Å². The summed E-state index contributed by atoms with van der Waals surface area (Å²) in [5.41, 5.74) is 0. The van der Waals surface area contributed by atoms with E-state index in [-0.39, 0.29) is 11.4 Å². The molecule has 2 atom stereocenters. The van der Waals surface area contributed by atoms with Crippen LogP contribution in [0.1, 0.15) is 13.3 Å². The van der Waals surface area contributed by atoms with Crippen LogP contribution in [0.4, 0.5) is 0 Å². The van der Waals surface area contributed by atoms with E-state index in [0.717, 1.165) is 26.2 Å². The van der Waals surface area contributed by atoms with Gasteiger partial charge in [-0.3, -0.25) is 4.90 Å². The number of rotatable bonds is 5. The highest BCUT2D eigenvalue weighted by atomic mass is 32.2. The van der Waals surface area contributed by atoms with Gasteiger partial charge in [0.1, 0.15) is 0 Å². The lowest BCUT2D eigenvalue weighted by Crippen LogP contribution is -2.48. The predicted octanol–water partition coefficient (Wildman–Crippen LogP) is -1.01. The molecule has 18 heavy (non-hydrogen) atoms. The van der Waals surface area contributed by atoms with Crippen LogP contribution >= 0.6 is 0 Å². The van der Waals surface area contributed by atoms with Crippen LogP contribution in [0.15, 0.2) is 0 Å². The van der Waals surface area contributed by atoms with Crippen molar-refractivity contribution in [3.05, 3.63) is 0 Å². The molecule has 0 spiro atoms. The minimum atomic E-state index is -3.19. The van der Waals surface area contributed by atoms with Crippen molar-refractivity contribution in [1.29, 1.82) is 0 Å². The molecular weight excluding hydrogens is 254 g/mol. The van der Waals surface area contributed by atoms with Crippen molar-refractivity contribution in [3.63, 3.8) is 0 Å². The summed E-state index contributed by atoms with van der Waals surface area (Å²) in [6, 6.07) is 0. The van der Waals surface area contributed by atoms with Crippen molar-refractivity contribution >= 4 is 10.0 Å². The highest BCUT2D eigenvalue weighted by Crippen LogP contribution is 2.09. The summed E-state index contributed by atoms with van der Waals surface area (Å²) in [5.74, 6) is 0. The van der Waals surface area contributed by atoms with E-state index in [0.29, 0.717) is 26.1 Å². The Balaban J connectivity index is 1.79. The quantitative estimate of drug-likeness (QED) is 0.674. The van der Waals surface area contributed by atoms with Crippen LogP contribution in [0, 0.1) is 0 Å². The molecule has 2 fully saturated rings. The maximum atomic E-state index is 12.0. The highest BCUT2D eigenvalue weighted by Gasteiger charge is 2.29. The second-order valence-corrected chi connectivity index (χ2v) is 6.94. The molecule has 2 heterocycles. The van der Waals surface area contributed by atoms with E-state index in [1.54, 1.807) is 0 Å². The van der Waals surface area contributed by atoms with Gasteiger partial charge in [-0.25, -0.2) is 13.1 Å². The predicted molar refractivity (Wildman–Crippen MR) is 70.1 cm³/mol. The lowest BCUT2D eigenvalue weighted by molar-refractivity contribution is -0.0229. The van der Waals surface area contributed by atoms with E-state index < -0.39 is 10.0 Å². The zero-order chi connectivity index (χ0) is 13.0. The molecule has 0 amide bonds. The van der Waals surface area contributed by atoms with Gasteiger partial charge in [-0.1, -0.05) is 6.92 Å². The number of ether oxygens (including phenoxy) is 1. The van der Waals surface area contributed by atoms with Gasteiger partial charge >= 0.3 is 0 Å². The lowest BCUT2D eigenvalue weighted by Gasteiger charge is -2.32. The number of nitrogens with one attached hydrogen (secondary N) is 2. The van der Waals surface area contributed by atoms with E-state index in [2.05, 4.69) is 21.9 Å². The molecule has 6 nitrogen and oxygen atoms in total. The van der Waals surface area contributed by atoms with Crippen LogP contribution in [0.25, 0.3) is 0 Å². The van der Waals surface area contributed by atoms with Crippen LogP contribution in [0.5, 0.6) is 0 Å². The van der Waals surface area contributed by atoms with Crippen LogP contribution in [0.2, 0.25) is 0 Å². The molecule has 2 N–H and O–H groups in total. The van der Waals surface area contributed by atoms with Crippen molar-refractivity contribution in [1.82, 2.24) is 14.9 Å². The van der Waals surface area contributed by atoms with Gasteiger partial charge in [0.25, 0.3) is 0 Å². The maximum absolute atomic E-state index is 12.0. The van der Waals surface area contributed by atoms with Crippen LogP contribution in [0.3, 0.4) is 0 Å². The Bertz CT molecular complexity index is 355. The monoisotopic (exact) mass is 277 g/mol. The molecular formula is C11H23N3O3S. The van der Waals surface area contributed by atoms with Crippen LogP contribution in [-0.2, 0) is 14.8 Å². The normalized spacial score (nSPS) is 30.7. The zero-order valence-electron chi connectivity index (χ0n) is 10.9. The summed E-state index contributed by atoms with van der Waals surface area (Å²) >= 11 is 0. The second-order valence-electron chi connectivity index (χ2n) is 4.89. The fraction of sp³-hybridized carbons (Fsp3) is 1.00. The Morgan fingerprint density at radius 2 is 2.33 bits per heavy atom. The molecule has 0 radical (unpaired) electrons. The van der Waals surface area contributed by atoms with Crippen molar-refractivity contribution in [2.75, 3.05) is 45.9 Å². The van der Waals surface area contributed by atoms with E-state index in [1.165, 1.54) is 0 Å². The van der Waals surface area contributed by atoms with Gasteiger partial charge in [-0.2, -0.15) is 0 Å². The first-order chi connectivity index (χ1) is 8.62. The summed E-state index contributed by atoms with van der Waals surface area (Å²) in [6.07, 6.45) is 0.671. The average Bonchev–Trinajstić information content (AvgIpc) is 2.91. The van der Waals surface area contributed by atoms with Gasteiger partial charge < -0.3 is 10.1 Å². The molecule has 2 aliphatic heterocycles. The molecule has 0 saturated carbocycles. The molecule has 2 unspecified atom stereocenters. The Hall–Kier alpha value is -0.210. The minimum Gasteiger partial charge on any atom is -0.374 e. The minimum absolute atomic E-state index is 0.0252. The smallest absolute Gasteiger partial charge is 0.215 e. The largest absolute Gasteiger partial charge is 0.374 e. The molecule has 0 aromatic rings. The van der Waals surface area contributed by atoms with Gasteiger partial charge in [-0.15, -0.1) is 0 Å². The average molecular weight is 277 g/mol. The van der Waals surface area contributed by atoms with E-state index in [4.69, 9.17) is 4.74 Å². The fourth-order valence-electron chi connectivity index (χ4n) is 2.41. The van der Waals surface area contributed by atoms with Gasteiger partial charge in [0.15, 0.2) is 0 Å². The molecule has 106 valence electrons. The summed E-state index contributed by atoms with van der Waals surface area (Å²) in [5, 5.41) is 2.79. The van der Waals surface area contributed by atoms with Crippen molar-refractivity contribution < 1.29 is 13.2 Å². The van der Waals surface area contributed by atoms with Crippen molar-refractivity contribution in [2.45, 2.75) is 24.7 Å². The number of morpholine rings is 1. The molecule has 2 rings (SSSR count). The zero-order valence-corrected chi connectivity index (χ0v) is 11.7. The first kappa shape index (κ1) is 14.2. The summed E-state index contributed by atoms with van der Waals surface area (Å²) in [4.78, 5) is 2.28. The Labute approximate surface area is 109 Å². The third-order valence-corrected chi connectivity index (χ3v) is 5.49. The Morgan fingerprint density at radius 3 is 3.00 bits per heavy atom. The molecule has 2 aliphatic rings. The fourth-order valence-corrected chi connectivity index (χ4v) is 3.83. The first-order valence-electron chi connectivity index (χ1n) is 6.65. The van der Waals surface area contributed by atoms with E-state index in [9.17, 15) is 8.42 Å². The number of likely N-dealkylation sites (N-methyl/N-ethyl adjacent to an activating group) is 1. The Morgan fingerprint density at radius 1 is 1.50 bits per heavy atom. The molecule has 0 aromatic heterocycles. The van der Waals surface area contributed by atoms with Gasteiger partial charge in [-0.05, 0) is 19.5 Å². The number of nitrogens with zero attached hydrogens (tertiary/aromatic N) is 1.